The maximum Gasteiger partial charge on any atom is 0.221 e. The molecule has 2 aromatic heterocycles. The molecule has 21 heavy (non-hydrogen) atoms. The Labute approximate surface area is 134 Å². The van der Waals surface area contributed by atoms with Crippen molar-refractivity contribution in [3.05, 3.63) is 57.8 Å². The number of pyridine rings is 2. The summed E-state index contributed by atoms with van der Waals surface area (Å²) in [5.74, 6) is 0.883. The number of hydrogen-bond acceptors (Lipinski definition) is 4. The quantitative estimate of drug-likeness (QED) is 0.621. The Morgan fingerprint density at radius 3 is 2.76 bits per heavy atom. The van der Waals surface area contributed by atoms with Gasteiger partial charge in [-0.25, -0.2) is 9.97 Å². The van der Waals surface area contributed by atoms with Crippen LogP contribution in [0.5, 0.6) is 11.6 Å². The molecule has 0 bridgehead atoms. The highest BCUT2D eigenvalue weighted by molar-refractivity contribution is 9.10. The first-order valence-electron chi connectivity index (χ1n) is 5.95. The van der Waals surface area contributed by atoms with Gasteiger partial charge in [-0.15, -0.1) is 0 Å². The minimum Gasteiger partial charge on any atom is -0.437 e. The van der Waals surface area contributed by atoms with Gasteiger partial charge in [-0.3, -0.25) is 0 Å². The van der Waals surface area contributed by atoms with Gasteiger partial charge in [0.25, 0.3) is 0 Å². The summed E-state index contributed by atoms with van der Waals surface area (Å²) in [6, 6.07) is 12.4. The Balaban J connectivity index is 2.05. The van der Waals surface area contributed by atoms with Gasteiger partial charge in [0.1, 0.15) is 16.4 Å². The Morgan fingerprint density at radius 1 is 1.19 bits per heavy atom. The van der Waals surface area contributed by atoms with Crippen molar-refractivity contribution in [2.45, 2.75) is 0 Å². The Morgan fingerprint density at radius 2 is 2.05 bits per heavy atom. The first kappa shape index (κ1) is 13.8. The Kier molecular flexibility index (Phi) is 3.74. The second-order valence-corrected chi connectivity index (χ2v) is 5.45. The number of halogens is 2. The van der Waals surface area contributed by atoms with Crippen LogP contribution >= 0.6 is 27.5 Å². The molecular formula is C15H7BrClN3O. The molecule has 4 nitrogen and oxygen atoms in total. The van der Waals surface area contributed by atoms with Crippen LogP contribution in [0.25, 0.3) is 10.9 Å². The predicted molar refractivity (Wildman–Crippen MR) is 83.5 cm³/mol. The zero-order chi connectivity index (χ0) is 14.8. The first-order valence-corrected chi connectivity index (χ1v) is 7.12. The van der Waals surface area contributed by atoms with E-state index in [0.29, 0.717) is 37.7 Å². The van der Waals surface area contributed by atoms with Gasteiger partial charge >= 0.3 is 0 Å². The highest BCUT2D eigenvalue weighted by Crippen LogP contribution is 2.27. The third-order valence-electron chi connectivity index (χ3n) is 2.79. The normalized spacial score (nSPS) is 10.3. The fourth-order valence-corrected chi connectivity index (χ4v) is 2.27. The average Bonchev–Trinajstić information content (AvgIpc) is 2.49. The summed E-state index contributed by atoms with van der Waals surface area (Å²) in [5, 5.41) is 10.5. The minimum absolute atomic E-state index is 0.338. The van der Waals surface area contributed by atoms with Crippen molar-refractivity contribution in [1.29, 1.82) is 5.26 Å². The summed E-state index contributed by atoms with van der Waals surface area (Å²) in [4.78, 5) is 8.44. The van der Waals surface area contributed by atoms with Crippen molar-refractivity contribution in [2.75, 3.05) is 0 Å². The molecule has 0 amide bonds. The standard InChI is InChI=1S/C15H7BrClN3O/c16-14-4-2-11(8-19-14)21-15-5-9(7-18)12-6-10(17)1-3-13(12)20-15/h1-6,8H. The summed E-state index contributed by atoms with van der Waals surface area (Å²) in [6.45, 7) is 0. The molecule has 2 heterocycles. The molecule has 6 heteroatoms. The van der Waals surface area contributed by atoms with E-state index in [9.17, 15) is 5.26 Å². The monoisotopic (exact) mass is 359 g/mol. The molecule has 1 aromatic carbocycles. The number of hydrogen-bond donors (Lipinski definition) is 0. The van der Waals surface area contributed by atoms with Crippen molar-refractivity contribution >= 4 is 38.4 Å². The number of aromatic nitrogens is 2. The van der Waals surface area contributed by atoms with E-state index in [1.54, 1.807) is 42.6 Å². The summed E-state index contributed by atoms with van der Waals surface area (Å²) >= 11 is 9.21. The van der Waals surface area contributed by atoms with Gasteiger partial charge in [-0.05, 0) is 46.3 Å². The van der Waals surface area contributed by atoms with Gasteiger partial charge in [0.15, 0.2) is 0 Å². The molecular weight excluding hydrogens is 354 g/mol. The highest BCUT2D eigenvalue weighted by Gasteiger charge is 2.08. The smallest absolute Gasteiger partial charge is 0.221 e. The van der Waals surface area contributed by atoms with Crippen molar-refractivity contribution in [1.82, 2.24) is 9.97 Å². The molecule has 0 fully saturated rings. The van der Waals surface area contributed by atoms with E-state index in [-0.39, 0.29) is 0 Å². The van der Waals surface area contributed by atoms with Crippen LogP contribution in [0.4, 0.5) is 0 Å². The van der Waals surface area contributed by atoms with Crippen LogP contribution in [0.3, 0.4) is 0 Å². The Bertz CT molecular complexity index is 859. The van der Waals surface area contributed by atoms with E-state index < -0.39 is 0 Å². The van der Waals surface area contributed by atoms with Crippen LogP contribution in [-0.4, -0.2) is 9.97 Å². The number of nitriles is 1. The summed E-state index contributed by atoms with van der Waals surface area (Å²) < 4.78 is 6.35. The molecule has 3 rings (SSSR count). The third kappa shape index (κ3) is 2.97. The molecule has 0 radical (unpaired) electrons. The zero-order valence-electron chi connectivity index (χ0n) is 10.5. The third-order valence-corrected chi connectivity index (χ3v) is 3.49. The van der Waals surface area contributed by atoms with Crippen LogP contribution in [0, 0.1) is 11.3 Å². The van der Waals surface area contributed by atoms with Gasteiger partial charge in [-0.1, -0.05) is 11.6 Å². The first-order chi connectivity index (χ1) is 10.2. The van der Waals surface area contributed by atoms with E-state index in [2.05, 4.69) is 32.0 Å². The highest BCUT2D eigenvalue weighted by atomic mass is 79.9. The molecule has 0 spiro atoms. The average molecular weight is 361 g/mol. The second kappa shape index (κ2) is 5.68. The molecule has 0 saturated carbocycles. The number of rotatable bonds is 2. The van der Waals surface area contributed by atoms with Crippen LogP contribution in [0.1, 0.15) is 5.56 Å². The van der Waals surface area contributed by atoms with Crippen molar-refractivity contribution in [3.63, 3.8) is 0 Å². The lowest BCUT2D eigenvalue weighted by molar-refractivity contribution is 0.462. The fraction of sp³-hybridized carbons (Fsp3) is 0. The maximum absolute atomic E-state index is 9.26. The van der Waals surface area contributed by atoms with Crippen LogP contribution in [-0.2, 0) is 0 Å². The van der Waals surface area contributed by atoms with E-state index in [1.807, 2.05) is 0 Å². The number of nitrogens with zero attached hydrogens (tertiary/aromatic N) is 3. The number of benzene rings is 1. The minimum atomic E-state index is 0.338. The molecule has 0 aliphatic rings. The number of ether oxygens (including phenoxy) is 1. The van der Waals surface area contributed by atoms with Crippen molar-refractivity contribution < 1.29 is 4.74 Å². The van der Waals surface area contributed by atoms with Crippen LogP contribution in [0.2, 0.25) is 5.02 Å². The van der Waals surface area contributed by atoms with Crippen molar-refractivity contribution in [2.24, 2.45) is 0 Å². The number of fused-ring (bicyclic) bond motifs is 1. The van der Waals surface area contributed by atoms with Gasteiger partial charge < -0.3 is 4.74 Å². The predicted octanol–water partition coefficient (Wildman–Crippen LogP) is 4.71. The van der Waals surface area contributed by atoms with Gasteiger partial charge in [0.05, 0.1) is 17.3 Å². The molecule has 0 unspecified atom stereocenters. The Hall–Kier alpha value is -2.16. The molecule has 0 N–H and O–H groups in total. The van der Waals surface area contributed by atoms with E-state index in [1.165, 1.54) is 0 Å². The molecule has 0 saturated heterocycles. The van der Waals surface area contributed by atoms with Crippen LogP contribution < -0.4 is 4.74 Å². The van der Waals surface area contributed by atoms with Gasteiger partial charge in [0, 0.05) is 16.5 Å². The maximum atomic E-state index is 9.26. The largest absolute Gasteiger partial charge is 0.437 e. The lowest BCUT2D eigenvalue weighted by Gasteiger charge is -2.07. The van der Waals surface area contributed by atoms with Gasteiger partial charge in [0.2, 0.25) is 5.88 Å². The van der Waals surface area contributed by atoms with E-state index >= 15 is 0 Å². The SMILES string of the molecule is N#Cc1cc(Oc2ccc(Br)nc2)nc2ccc(Cl)cc12. The van der Waals surface area contributed by atoms with Crippen molar-refractivity contribution in [3.8, 4) is 17.7 Å². The molecule has 0 aliphatic heterocycles. The summed E-state index contributed by atoms with van der Waals surface area (Å²) in [5.41, 5.74) is 1.11. The molecule has 102 valence electrons. The summed E-state index contributed by atoms with van der Waals surface area (Å²) in [6.07, 6.45) is 1.57. The molecule has 0 atom stereocenters. The molecule has 0 aliphatic carbocycles. The second-order valence-electron chi connectivity index (χ2n) is 4.20. The van der Waals surface area contributed by atoms with Gasteiger partial charge in [-0.2, -0.15) is 5.26 Å². The molecule has 3 aromatic rings. The summed E-state index contributed by atoms with van der Waals surface area (Å²) in [7, 11) is 0. The zero-order valence-corrected chi connectivity index (χ0v) is 12.9. The lowest BCUT2D eigenvalue weighted by atomic mass is 10.1. The van der Waals surface area contributed by atoms with E-state index in [4.69, 9.17) is 16.3 Å². The fourth-order valence-electron chi connectivity index (χ4n) is 1.86. The van der Waals surface area contributed by atoms with E-state index in [0.717, 1.165) is 0 Å². The topological polar surface area (TPSA) is 58.8 Å². The lowest BCUT2D eigenvalue weighted by Crippen LogP contribution is -1.92. The van der Waals surface area contributed by atoms with Crippen LogP contribution in [0.15, 0.2) is 47.2 Å².